The summed E-state index contributed by atoms with van der Waals surface area (Å²) < 4.78 is 0. The first-order chi connectivity index (χ1) is 24.7. The second-order valence-electron chi connectivity index (χ2n) is 9.37. The van der Waals surface area contributed by atoms with Crippen molar-refractivity contribution >= 4 is 70.4 Å². The number of para-hydroxylation sites is 4. The molecule has 0 saturated carbocycles. The molecule has 0 aromatic heterocycles. The Labute approximate surface area is 300 Å². The number of nitrogens with zero attached hydrogens (tertiary/aromatic N) is 8. The molecule has 0 heterocycles. The van der Waals surface area contributed by atoms with Crippen molar-refractivity contribution in [2.24, 2.45) is 109 Å². The monoisotopic (exact) mass is 708 g/mol. The molecule has 4 aromatic rings. The maximum atomic E-state index is 5.41. The van der Waals surface area contributed by atoms with E-state index in [1.165, 1.54) is 0 Å². The minimum Gasteiger partial charge on any atom is -0.370 e. The Morgan fingerprint density at radius 2 is 0.404 bits per heavy atom. The number of hydrogen-bond donors (Lipinski definition) is 12. The highest BCUT2D eigenvalue weighted by Gasteiger charge is 1.93. The van der Waals surface area contributed by atoms with E-state index in [2.05, 4.69) is 39.9 Å². The zero-order chi connectivity index (χ0) is 38.7. The first-order valence-electron chi connectivity index (χ1n) is 14.7. The Balaban J connectivity index is 0.000000347. The van der Waals surface area contributed by atoms with Gasteiger partial charge in [-0.3, -0.25) is 0 Å². The molecule has 0 spiro atoms. The summed E-state index contributed by atoms with van der Waals surface area (Å²) in [6.45, 7) is 0. The van der Waals surface area contributed by atoms with E-state index in [1.807, 2.05) is 72.8 Å². The van der Waals surface area contributed by atoms with Crippen LogP contribution in [0.2, 0.25) is 0 Å². The van der Waals surface area contributed by atoms with E-state index < -0.39 is 0 Å². The van der Waals surface area contributed by atoms with Gasteiger partial charge in [0.05, 0.1) is 22.7 Å². The molecule has 0 unspecified atom stereocenters. The normalized spacial score (nSPS) is 10.9. The lowest BCUT2D eigenvalue weighted by molar-refractivity contribution is 1.38. The van der Waals surface area contributed by atoms with Crippen LogP contribution < -0.4 is 68.8 Å². The van der Waals surface area contributed by atoms with Gasteiger partial charge < -0.3 is 68.8 Å². The molecule has 0 aliphatic heterocycles. The first kappa shape index (κ1) is 41.9. The molecular weight excluding hydrogens is 664 g/mol. The lowest BCUT2D eigenvalue weighted by atomic mass is 10.3. The summed E-state index contributed by atoms with van der Waals surface area (Å²) >= 11 is 0. The molecule has 0 fully saturated rings. The molecule has 4 rings (SSSR count). The summed E-state index contributed by atoms with van der Waals surface area (Å²) in [6, 6.07) is 36.7. The molecule has 4 aromatic carbocycles. The predicted octanol–water partition coefficient (Wildman–Crippen LogP) is -0.375. The molecule has 0 amide bonds. The zero-order valence-corrected chi connectivity index (χ0v) is 28.1. The average Bonchev–Trinajstić information content (AvgIpc) is 3.06. The van der Waals surface area contributed by atoms with E-state index in [0.29, 0.717) is 22.7 Å². The zero-order valence-electron chi connectivity index (χ0n) is 28.1. The average molecular weight is 709 g/mol. The quantitative estimate of drug-likeness (QED) is 0.0954. The summed E-state index contributed by atoms with van der Waals surface area (Å²) in [6.07, 6.45) is 0. The number of hydrogen-bond acceptors (Lipinski definition) is 4. The third kappa shape index (κ3) is 22.4. The second-order valence-corrected chi connectivity index (χ2v) is 9.37. The van der Waals surface area contributed by atoms with Gasteiger partial charge in [-0.25, -0.2) is 20.0 Å². The van der Waals surface area contributed by atoms with Crippen molar-refractivity contribution in [3.63, 3.8) is 0 Å². The van der Waals surface area contributed by atoms with Gasteiger partial charge in [0.15, 0.2) is 23.8 Å². The maximum Gasteiger partial charge on any atom is 0.223 e. The molecular formula is C32H44N20. The predicted molar refractivity (Wildman–Crippen MR) is 214 cm³/mol. The molecule has 20 nitrogen and oxygen atoms in total. The molecule has 0 aliphatic rings. The molecule has 0 radical (unpaired) electrons. The third-order valence-electron chi connectivity index (χ3n) is 4.97. The Morgan fingerprint density at radius 3 is 0.538 bits per heavy atom. The highest BCUT2D eigenvalue weighted by atomic mass is 15.1. The molecule has 0 aliphatic carbocycles. The minimum absolute atomic E-state index is 0.0474. The van der Waals surface area contributed by atoms with Gasteiger partial charge in [-0.1, -0.05) is 72.8 Å². The van der Waals surface area contributed by atoms with Crippen LogP contribution in [0, 0.1) is 0 Å². The van der Waals surface area contributed by atoms with Crippen molar-refractivity contribution in [3.8, 4) is 0 Å². The van der Waals surface area contributed by atoms with Crippen LogP contribution in [0.15, 0.2) is 161 Å². The first-order valence-corrected chi connectivity index (χ1v) is 14.7. The standard InChI is InChI=1S/4C8H11N5/c4*9-7(10)13-8(11)12-6-4-2-1-3-5-6/h4*1-5H,(H6,9,10,11,12,13). The van der Waals surface area contributed by atoms with E-state index in [1.54, 1.807) is 48.5 Å². The highest BCUT2D eigenvalue weighted by molar-refractivity contribution is 5.95. The van der Waals surface area contributed by atoms with Gasteiger partial charge in [-0.2, -0.15) is 20.0 Å². The molecule has 272 valence electrons. The lowest BCUT2D eigenvalue weighted by Gasteiger charge is -1.94. The summed E-state index contributed by atoms with van der Waals surface area (Å²) in [7, 11) is 0. The summed E-state index contributed by atoms with van der Waals surface area (Å²) in [5.74, 6) is -0.210. The summed E-state index contributed by atoms with van der Waals surface area (Å²) in [5.41, 5.74) is 65.4. The fraction of sp³-hybridized carbons (Fsp3) is 0. The van der Waals surface area contributed by atoms with Crippen molar-refractivity contribution < 1.29 is 0 Å². The SMILES string of the molecule is NC(N)=NC(N)=Nc1ccccc1.NC(N)=NC(N)=Nc1ccccc1.NC(N)=NC(N)=Nc1ccccc1.NC(N)=NC(N)=Nc1ccccc1. The maximum absolute atomic E-state index is 5.41. The van der Waals surface area contributed by atoms with Crippen LogP contribution in [0.25, 0.3) is 0 Å². The van der Waals surface area contributed by atoms with Crippen LogP contribution in [0.1, 0.15) is 0 Å². The Morgan fingerprint density at radius 1 is 0.250 bits per heavy atom. The van der Waals surface area contributed by atoms with Crippen molar-refractivity contribution in [1.29, 1.82) is 0 Å². The van der Waals surface area contributed by atoms with Crippen LogP contribution in [-0.4, -0.2) is 47.7 Å². The summed E-state index contributed by atoms with van der Waals surface area (Å²) in [4.78, 5) is 30.1. The topological polar surface area (TPSA) is 411 Å². The van der Waals surface area contributed by atoms with E-state index >= 15 is 0 Å². The van der Waals surface area contributed by atoms with Gasteiger partial charge in [0.25, 0.3) is 0 Å². The van der Waals surface area contributed by atoms with E-state index in [9.17, 15) is 0 Å². The molecule has 0 bridgehead atoms. The van der Waals surface area contributed by atoms with E-state index in [4.69, 9.17) is 68.8 Å². The fourth-order valence-corrected chi connectivity index (χ4v) is 3.17. The Bertz CT molecular complexity index is 1570. The minimum atomic E-state index is -0.0998. The second kappa shape index (κ2) is 24.1. The molecule has 0 saturated heterocycles. The number of aliphatic imine (C=N–C) groups is 8. The lowest BCUT2D eigenvalue weighted by Crippen LogP contribution is -2.26. The smallest absolute Gasteiger partial charge is 0.223 e. The molecule has 0 atom stereocenters. The van der Waals surface area contributed by atoms with Gasteiger partial charge in [-0.15, -0.1) is 0 Å². The summed E-state index contributed by atoms with van der Waals surface area (Å²) in [5, 5.41) is 0. The van der Waals surface area contributed by atoms with Crippen LogP contribution in [0.5, 0.6) is 0 Å². The molecule has 24 N–H and O–H groups in total. The number of benzene rings is 4. The van der Waals surface area contributed by atoms with Gasteiger partial charge in [0.2, 0.25) is 23.8 Å². The van der Waals surface area contributed by atoms with Gasteiger partial charge >= 0.3 is 0 Å². The van der Waals surface area contributed by atoms with Crippen molar-refractivity contribution in [3.05, 3.63) is 121 Å². The van der Waals surface area contributed by atoms with Crippen molar-refractivity contribution in [1.82, 2.24) is 0 Å². The third-order valence-corrected chi connectivity index (χ3v) is 4.97. The van der Waals surface area contributed by atoms with Crippen LogP contribution in [0.3, 0.4) is 0 Å². The highest BCUT2D eigenvalue weighted by Crippen LogP contribution is 2.11. The Kier molecular flexibility index (Phi) is 19.4. The van der Waals surface area contributed by atoms with Gasteiger partial charge in [0.1, 0.15) is 0 Å². The van der Waals surface area contributed by atoms with E-state index in [0.717, 1.165) is 0 Å². The fourth-order valence-electron chi connectivity index (χ4n) is 3.17. The van der Waals surface area contributed by atoms with E-state index in [-0.39, 0.29) is 47.7 Å². The number of nitrogens with two attached hydrogens (primary N) is 12. The van der Waals surface area contributed by atoms with Crippen molar-refractivity contribution in [2.45, 2.75) is 0 Å². The molecule has 20 heteroatoms. The van der Waals surface area contributed by atoms with Crippen LogP contribution in [-0.2, 0) is 0 Å². The van der Waals surface area contributed by atoms with Gasteiger partial charge in [-0.05, 0) is 48.5 Å². The van der Waals surface area contributed by atoms with Crippen LogP contribution in [0.4, 0.5) is 22.7 Å². The van der Waals surface area contributed by atoms with Crippen molar-refractivity contribution in [2.75, 3.05) is 0 Å². The van der Waals surface area contributed by atoms with Gasteiger partial charge in [0, 0.05) is 0 Å². The molecule has 52 heavy (non-hydrogen) atoms. The van der Waals surface area contributed by atoms with Crippen LogP contribution >= 0.6 is 0 Å². The number of rotatable bonds is 4. The largest absolute Gasteiger partial charge is 0.370 e. The Hall–Kier alpha value is -8.16. The number of guanidine groups is 8.